The highest BCUT2D eigenvalue weighted by Crippen LogP contribution is 2.14. The Morgan fingerprint density at radius 3 is 2.78 bits per heavy atom. The van der Waals surface area contributed by atoms with E-state index in [-0.39, 0.29) is 11.5 Å². The molecule has 0 aliphatic heterocycles. The van der Waals surface area contributed by atoms with Crippen LogP contribution in [0.25, 0.3) is 10.9 Å². The summed E-state index contributed by atoms with van der Waals surface area (Å²) >= 11 is 0. The number of pyridine rings is 1. The smallest absolute Gasteiger partial charge is 0.251 e. The first-order valence-corrected chi connectivity index (χ1v) is 9.07. The lowest BCUT2D eigenvalue weighted by molar-refractivity contribution is -0.121. The van der Waals surface area contributed by atoms with E-state index in [1.165, 1.54) is 0 Å². The van der Waals surface area contributed by atoms with Gasteiger partial charge in [-0.15, -0.1) is 0 Å². The minimum Gasteiger partial charge on any atom is -0.497 e. The summed E-state index contributed by atoms with van der Waals surface area (Å²) in [4.78, 5) is 27.2. The van der Waals surface area contributed by atoms with Gasteiger partial charge in [-0.2, -0.15) is 0 Å². The predicted octanol–water partition coefficient (Wildman–Crippen LogP) is 3.14. The number of ether oxygens (including phenoxy) is 1. The van der Waals surface area contributed by atoms with E-state index in [2.05, 4.69) is 10.3 Å². The van der Waals surface area contributed by atoms with Crippen molar-refractivity contribution >= 4 is 16.8 Å². The molecule has 1 amide bonds. The number of hydrogen-bond acceptors (Lipinski definition) is 3. The molecule has 0 saturated carbocycles. The molecule has 0 spiro atoms. The summed E-state index contributed by atoms with van der Waals surface area (Å²) in [5.41, 5.74) is 3.57. The number of aryl methyl sites for hydroxylation is 2. The van der Waals surface area contributed by atoms with Gasteiger partial charge in [0, 0.05) is 24.0 Å². The van der Waals surface area contributed by atoms with Gasteiger partial charge in [-0.3, -0.25) is 9.59 Å². The zero-order chi connectivity index (χ0) is 19.2. The molecule has 0 atom stereocenters. The van der Waals surface area contributed by atoms with Crippen molar-refractivity contribution in [3.8, 4) is 5.75 Å². The molecule has 0 fully saturated rings. The Morgan fingerprint density at radius 1 is 1.11 bits per heavy atom. The highest BCUT2D eigenvalue weighted by Gasteiger charge is 2.07. The van der Waals surface area contributed by atoms with Gasteiger partial charge in [0.1, 0.15) is 5.75 Å². The largest absolute Gasteiger partial charge is 0.497 e. The van der Waals surface area contributed by atoms with Gasteiger partial charge in [-0.05, 0) is 61.0 Å². The number of rotatable bonds is 7. The van der Waals surface area contributed by atoms with Crippen molar-refractivity contribution in [2.45, 2.75) is 26.2 Å². The summed E-state index contributed by atoms with van der Waals surface area (Å²) in [5.74, 6) is 0.756. The molecule has 3 rings (SSSR count). The van der Waals surface area contributed by atoms with Crippen LogP contribution >= 0.6 is 0 Å². The second-order valence-electron chi connectivity index (χ2n) is 6.67. The Labute approximate surface area is 158 Å². The van der Waals surface area contributed by atoms with Gasteiger partial charge in [-0.25, -0.2) is 0 Å². The first kappa shape index (κ1) is 18.7. The fraction of sp³-hybridized carbons (Fsp3) is 0.273. The van der Waals surface area contributed by atoms with Crippen molar-refractivity contribution in [3.63, 3.8) is 0 Å². The van der Waals surface area contributed by atoms with Crippen LogP contribution in [0.1, 0.15) is 23.1 Å². The summed E-state index contributed by atoms with van der Waals surface area (Å²) in [6.07, 6.45) is 1.45. The number of carbonyl (C=O) groups excluding carboxylic acids is 1. The molecular weight excluding hydrogens is 340 g/mol. The molecule has 0 unspecified atom stereocenters. The summed E-state index contributed by atoms with van der Waals surface area (Å²) in [6.45, 7) is 2.57. The summed E-state index contributed by atoms with van der Waals surface area (Å²) in [6, 6.07) is 15.6. The van der Waals surface area contributed by atoms with Gasteiger partial charge in [0.15, 0.2) is 0 Å². The number of benzene rings is 2. The molecule has 0 bridgehead atoms. The van der Waals surface area contributed by atoms with Crippen molar-refractivity contribution in [2.75, 3.05) is 13.7 Å². The Bertz CT molecular complexity index is 1010. The Kier molecular flexibility index (Phi) is 5.91. The molecule has 5 heteroatoms. The molecule has 2 N–H and O–H groups in total. The standard InChI is InChI=1S/C22H24N2O3/c1-15-6-8-20-18(12-15)14-17(22(26)24-20)7-9-21(25)23-11-10-16-4-3-5-19(13-16)27-2/h3-6,8,12-14H,7,9-11H2,1-2H3,(H,23,25)(H,24,26). The van der Waals surface area contributed by atoms with E-state index in [9.17, 15) is 9.59 Å². The monoisotopic (exact) mass is 364 g/mol. The molecular formula is C22H24N2O3. The van der Waals surface area contributed by atoms with Crippen LogP contribution in [0.4, 0.5) is 0 Å². The first-order chi connectivity index (χ1) is 13.0. The van der Waals surface area contributed by atoms with Crippen LogP contribution in [0.5, 0.6) is 5.75 Å². The fourth-order valence-electron chi connectivity index (χ4n) is 3.07. The van der Waals surface area contributed by atoms with Gasteiger partial charge in [0.25, 0.3) is 5.56 Å². The Balaban J connectivity index is 1.53. The number of carbonyl (C=O) groups is 1. The summed E-state index contributed by atoms with van der Waals surface area (Å²) < 4.78 is 5.20. The number of hydrogen-bond donors (Lipinski definition) is 2. The minimum absolute atomic E-state index is 0.0540. The van der Waals surface area contributed by atoms with Gasteiger partial charge < -0.3 is 15.0 Å². The second kappa shape index (κ2) is 8.54. The lowest BCUT2D eigenvalue weighted by Crippen LogP contribution is -2.26. The van der Waals surface area contributed by atoms with Gasteiger partial charge in [-0.1, -0.05) is 23.8 Å². The van der Waals surface area contributed by atoms with E-state index in [4.69, 9.17) is 4.74 Å². The minimum atomic E-state index is -0.129. The van der Waals surface area contributed by atoms with Crippen molar-refractivity contribution in [1.29, 1.82) is 0 Å². The quantitative estimate of drug-likeness (QED) is 0.677. The van der Waals surface area contributed by atoms with Crippen LogP contribution in [0.15, 0.2) is 53.3 Å². The summed E-state index contributed by atoms with van der Waals surface area (Å²) in [7, 11) is 1.64. The fourth-order valence-corrected chi connectivity index (χ4v) is 3.07. The molecule has 0 aliphatic carbocycles. The van der Waals surface area contributed by atoms with Crippen LogP contribution in [0.2, 0.25) is 0 Å². The lowest BCUT2D eigenvalue weighted by Gasteiger charge is -2.07. The van der Waals surface area contributed by atoms with Gasteiger partial charge in [0.05, 0.1) is 7.11 Å². The zero-order valence-electron chi connectivity index (χ0n) is 15.7. The number of aromatic amines is 1. The van der Waals surface area contributed by atoms with E-state index >= 15 is 0 Å². The average molecular weight is 364 g/mol. The topological polar surface area (TPSA) is 71.2 Å². The number of methoxy groups -OCH3 is 1. The van der Waals surface area contributed by atoms with Crippen molar-refractivity contribution in [1.82, 2.24) is 10.3 Å². The SMILES string of the molecule is COc1cccc(CCNC(=O)CCc2cc3cc(C)ccc3[nH]c2=O)c1. The van der Waals surface area contributed by atoms with E-state index in [1.807, 2.05) is 55.5 Å². The normalized spacial score (nSPS) is 10.7. The number of fused-ring (bicyclic) bond motifs is 1. The van der Waals surface area contributed by atoms with Crippen molar-refractivity contribution < 1.29 is 9.53 Å². The average Bonchev–Trinajstić information content (AvgIpc) is 2.67. The highest BCUT2D eigenvalue weighted by molar-refractivity contribution is 5.80. The summed E-state index contributed by atoms with van der Waals surface area (Å²) in [5, 5.41) is 3.90. The van der Waals surface area contributed by atoms with Crippen molar-refractivity contribution in [2.24, 2.45) is 0 Å². The number of H-pyrrole nitrogens is 1. The first-order valence-electron chi connectivity index (χ1n) is 9.07. The Morgan fingerprint density at radius 2 is 1.96 bits per heavy atom. The predicted molar refractivity (Wildman–Crippen MR) is 107 cm³/mol. The molecule has 0 aliphatic rings. The third-order valence-electron chi connectivity index (χ3n) is 4.57. The van der Waals surface area contributed by atoms with Crippen LogP contribution < -0.4 is 15.6 Å². The van der Waals surface area contributed by atoms with Crippen LogP contribution in [-0.4, -0.2) is 24.5 Å². The number of nitrogens with one attached hydrogen (secondary N) is 2. The van der Waals surface area contributed by atoms with E-state index < -0.39 is 0 Å². The maximum absolute atomic E-state index is 12.2. The second-order valence-corrected chi connectivity index (χ2v) is 6.67. The number of amides is 1. The molecule has 0 radical (unpaired) electrons. The highest BCUT2D eigenvalue weighted by atomic mass is 16.5. The van der Waals surface area contributed by atoms with Gasteiger partial charge in [0.2, 0.25) is 5.91 Å². The molecule has 0 saturated heterocycles. The van der Waals surface area contributed by atoms with E-state index in [1.54, 1.807) is 7.11 Å². The van der Waals surface area contributed by atoms with Crippen LogP contribution in [0.3, 0.4) is 0 Å². The molecule has 1 aromatic heterocycles. The maximum Gasteiger partial charge on any atom is 0.251 e. The van der Waals surface area contributed by atoms with E-state index in [0.717, 1.165) is 34.2 Å². The maximum atomic E-state index is 12.2. The molecule has 2 aromatic carbocycles. The molecule has 27 heavy (non-hydrogen) atoms. The van der Waals surface area contributed by atoms with Gasteiger partial charge >= 0.3 is 0 Å². The lowest BCUT2D eigenvalue weighted by atomic mass is 10.1. The zero-order valence-corrected chi connectivity index (χ0v) is 15.7. The van der Waals surface area contributed by atoms with Crippen molar-refractivity contribution in [3.05, 3.63) is 75.6 Å². The van der Waals surface area contributed by atoms with E-state index in [0.29, 0.717) is 24.9 Å². The molecule has 5 nitrogen and oxygen atoms in total. The molecule has 3 aromatic rings. The number of aromatic nitrogens is 1. The Hall–Kier alpha value is -3.08. The molecule has 140 valence electrons. The third kappa shape index (κ3) is 4.97. The third-order valence-corrected chi connectivity index (χ3v) is 4.57. The van der Waals surface area contributed by atoms with Crippen LogP contribution in [-0.2, 0) is 17.6 Å². The molecule has 1 heterocycles. The van der Waals surface area contributed by atoms with Crippen LogP contribution in [0, 0.1) is 6.92 Å².